The van der Waals surface area contributed by atoms with Gasteiger partial charge in [-0.15, -0.1) is 0 Å². The fraction of sp³-hybridized carbons (Fsp3) is 0.259. The molecule has 1 N–H and O–H groups in total. The number of carbonyl (C=O) groups is 1. The lowest BCUT2D eigenvalue weighted by atomic mass is 9.97. The molecule has 5 rings (SSSR count). The van der Waals surface area contributed by atoms with Gasteiger partial charge in [-0.05, 0) is 49.2 Å². The first kappa shape index (κ1) is 23.7. The SMILES string of the molecule is COc1cccc(-c2nc([C@@H]3CCCN(C(=O)Nc4ccccc4C(F)(F)F)C3)n3ccccc23)c1. The van der Waals surface area contributed by atoms with E-state index in [9.17, 15) is 18.0 Å². The second-order valence-electron chi connectivity index (χ2n) is 8.77. The fourth-order valence-corrected chi connectivity index (χ4v) is 4.74. The van der Waals surface area contributed by atoms with Crippen molar-refractivity contribution in [3.05, 3.63) is 84.3 Å². The molecule has 1 saturated heterocycles. The van der Waals surface area contributed by atoms with Gasteiger partial charge in [0, 0.05) is 30.8 Å². The van der Waals surface area contributed by atoms with Crippen LogP contribution in [0.15, 0.2) is 72.9 Å². The van der Waals surface area contributed by atoms with Crippen LogP contribution in [0.3, 0.4) is 0 Å². The third kappa shape index (κ3) is 4.60. The summed E-state index contributed by atoms with van der Waals surface area (Å²) >= 11 is 0. The summed E-state index contributed by atoms with van der Waals surface area (Å²) in [5, 5.41) is 2.47. The van der Waals surface area contributed by atoms with Gasteiger partial charge in [-0.3, -0.25) is 0 Å². The van der Waals surface area contributed by atoms with Crippen molar-refractivity contribution in [2.45, 2.75) is 24.9 Å². The third-order valence-electron chi connectivity index (χ3n) is 6.47. The number of fused-ring (bicyclic) bond motifs is 1. The van der Waals surface area contributed by atoms with Gasteiger partial charge in [-0.1, -0.05) is 30.3 Å². The first-order chi connectivity index (χ1) is 17.3. The summed E-state index contributed by atoms with van der Waals surface area (Å²) in [4.78, 5) is 19.5. The summed E-state index contributed by atoms with van der Waals surface area (Å²) in [6.07, 6.45) is -1.08. The molecule has 1 fully saturated rings. The number of amides is 2. The van der Waals surface area contributed by atoms with Gasteiger partial charge in [-0.25, -0.2) is 9.78 Å². The summed E-state index contributed by atoms with van der Waals surface area (Å²) < 4.78 is 47.5. The van der Waals surface area contributed by atoms with Crippen LogP contribution < -0.4 is 10.1 Å². The van der Waals surface area contributed by atoms with Crippen molar-refractivity contribution in [3.8, 4) is 17.0 Å². The van der Waals surface area contributed by atoms with Gasteiger partial charge in [-0.2, -0.15) is 13.2 Å². The standard InChI is InChI=1S/C27H25F3N4O2/c1-36-20-10-6-8-18(16-20)24-23-13-4-5-15-34(23)25(32-24)19-9-7-14-33(17-19)26(35)31-22-12-3-2-11-21(22)27(28,29)30/h2-6,8,10-13,15-16,19H,7,9,14,17H2,1H3,(H,31,35)/t19-/m1/s1. The minimum atomic E-state index is -4.56. The molecule has 1 aliphatic rings. The zero-order valence-electron chi connectivity index (χ0n) is 19.6. The van der Waals surface area contributed by atoms with Crippen LogP contribution in [0, 0.1) is 0 Å². The van der Waals surface area contributed by atoms with E-state index >= 15 is 0 Å². The number of hydrogen-bond acceptors (Lipinski definition) is 3. The van der Waals surface area contributed by atoms with Gasteiger partial charge in [0.2, 0.25) is 0 Å². The van der Waals surface area contributed by atoms with Crippen LogP contribution in [0.25, 0.3) is 16.8 Å². The van der Waals surface area contributed by atoms with Gasteiger partial charge < -0.3 is 19.4 Å². The normalized spacial score (nSPS) is 16.2. The zero-order chi connectivity index (χ0) is 25.3. The van der Waals surface area contributed by atoms with Crippen molar-refractivity contribution in [1.29, 1.82) is 0 Å². The molecule has 2 aromatic carbocycles. The first-order valence-corrected chi connectivity index (χ1v) is 11.7. The van der Waals surface area contributed by atoms with Crippen molar-refractivity contribution >= 4 is 17.2 Å². The van der Waals surface area contributed by atoms with E-state index in [1.165, 1.54) is 18.2 Å². The van der Waals surface area contributed by atoms with Gasteiger partial charge in [0.05, 0.1) is 29.6 Å². The number of ether oxygens (including phenoxy) is 1. The number of hydrogen-bond donors (Lipinski definition) is 1. The van der Waals surface area contributed by atoms with Crippen molar-refractivity contribution in [3.63, 3.8) is 0 Å². The molecule has 0 saturated carbocycles. The summed E-state index contributed by atoms with van der Waals surface area (Å²) in [7, 11) is 1.62. The van der Waals surface area contributed by atoms with E-state index in [2.05, 4.69) is 5.32 Å². The Morgan fingerprint density at radius 2 is 1.89 bits per heavy atom. The molecular formula is C27H25F3N4O2. The Labute approximate surface area is 206 Å². The van der Waals surface area contributed by atoms with Crippen LogP contribution in [0.2, 0.25) is 0 Å². The van der Waals surface area contributed by atoms with E-state index < -0.39 is 17.8 Å². The van der Waals surface area contributed by atoms with Crippen molar-refractivity contribution in [2.24, 2.45) is 0 Å². The first-order valence-electron chi connectivity index (χ1n) is 11.7. The van der Waals surface area contributed by atoms with Gasteiger partial charge in [0.1, 0.15) is 11.6 Å². The number of likely N-dealkylation sites (tertiary alicyclic amines) is 1. The molecule has 1 atom stereocenters. The molecule has 2 aromatic heterocycles. The average Bonchev–Trinajstić information content (AvgIpc) is 3.28. The number of nitrogens with zero attached hydrogens (tertiary/aromatic N) is 3. The van der Waals surface area contributed by atoms with E-state index in [4.69, 9.17) is 9.72 Å². The van der Waals surface area contributed by atoms with Crippen molar-refractivity contribution in [2.75, 3.05) is 25.5 Å². The van der Waals surface area contributed by atoms with Crippen molar-refractivity contribution in [1.82, 2.24) is 14.3 Å². The zero-order valence-corrected chi connectivity index (χ0v) is 19.6. The summed E-state index contributed by atoms with van der Waals surface area (Å²) in [6, 6.07) is 18.0. The topological polar surface area (TPSA) is 58.9 Å². The molecule has 0 aliphatic carbocycles. The maximum absolute atomic E-state index is 13.4. The minimum Gasteiger partial charge on any atom is -0.497 e. The van der Waals surface area contributed by atoms with E-state index in [1.807, 2.05) is 53.1 Å². The molecular weight excluding hydrogens is 469 g/mol. The Bertz CT molecular complexity index is 1400. The predicted octanol–water partition coefficient (Wildman–Crippen LogP) is 6.44. The smallest absolute Gasteiger partial charge is 0.418 e. The lowest BCUT2D eigenvalue weighted by Crippen LogP contribution is -2.42. The largest absolute Gasteiger partial charge is 0.497 e. The maximum atomic E-state index is 13.4. The number of aromatic nitrogens is 2. The van der Waals surface area contributed by atoms with E-state index in [0.717, 1.165) is 47.3 Å². The molecule has 1 aliphatic heterocycles. The number of urea groups is 1. The number of rotatable bonds is 4. The number of benzene rings is 2. The molecule has 4 aromatic rings. The number of nitrogens with one attached hydrogen (secondary N) is 1. The van der Waals surface area contributed by atoms with E-state index in [1.54, 1.807) is 12.0 Å². The quantitative estimate of drug-likeness (QED) is 0.355. The number of pyridine rings is 1. The van der Waals surface area contributed by atoms with Crippen LogP contribution in [0.4, 0.5) is 23.7 Å². The van der Waals surface area contributed by atoms with Crippen LogP contribution in [-0.4, -0.2) is 40.5 Å². The van der Waals surface area contributed by atoms with Gasteiger partial charge in [0.15, 0.2) is 0 Å². The number of para-hydroxylation sites is 1. The summed E-state index contributed by atoms with van der Waals surface area (Å²) in [5.41, 5.74) is 1.54. The number of imidazole rings is 1. The van der Waals surface area contributed by atoms with Crippen LogP contribution in [0.1, 0.15) is 30.1 Å². The number of halogens is 3. The molecule has 0 spiro atoms. The second-order valence-corrected chi connectivity index (χ2v) is 8.77. The minimum absolute atomic E-state index is 0.0726. The second kappa shape index (κ2) is 9.56. The van der Waals surface area contributed by atoms with Crippen LogP contribution in [0.5, 0.6) is 5.75 Å². The van der Waals surface area contributed by atoms with Gasteiger partial charge in [0.25, 0.3) is 0 Å². The Morgan fingerprint density at radius 1 is 1.08 bits per heavy atom. The lowest BCUT2D eigenvalue weighted by molar-refractivity contribution is -0.136. The number of methoxy groups -OCH3 is 1. The van der Waals surface area contributed by atoms with Crippen LogP contribution >= 0.6 is 0 Å². The molecule has 0 radical (unpaired) electrons. The molecule has 6 nitrogen and oxygen atoms in total. The number of carbonyl (C=O) groups excluding carboxylic acids is 1. The molecule has 9 heteroatoms. The molecule has 0 bridgehead atoms. The van der Waals surface area contributed by atoms with E-state index in [-0.39, 0.29) is 11.6 Å². The lowest BCUT2D eigenvalue weighted by Gasteiger charge is -2.32. The highest BCUT2D eigenvalue weighted by Gasteiger charge is 2.35. The Kier molecular flexibility index (Phi) is 6.30. The Hall–Kier alpha value is -4.01. The average molecular weight is 495 g/mol. The number of piperidine rings is 1. The third-order valence-corrected chi connectivity index (χ3v) is 6.47. The van der Waals surface area contributed by atoms with Crippen molar-refractivity contribution < 1.29 is 22.7 Å². The highest BCUT2D eigenvalue weighted by Crippen LogP contribution is 2.36. The molecule has 2 amide bonds. The molecule has 36 heavy (non-hydrogen) atoms. The highest BCUT2D eigenvalue weighted by molar-refractivity contribution is 5.90. The molecule has 3 heterocycles. The molecule has 0 unspecified atom stereocenters. The summed E-state index contributed by atoms with van der Waals surface area (Å²) in [5.74, 6) is 1.47. The van der Waals surface area contributed by atoms with E-state index in [0.29, 0.717) is 13.1 Å². The number of alkyl halides is 3. The fourth-order valence-electron chi connectivity index (χ4n) is 4.74. The van der Waals surface area contributed by atoms with Gasteiger partial charge >= 0.3 is 12.2 Å². The molecule has 186 valence electrons. The Balaban J connectivity index is 1.42. The predicted molar refractivity (Wildman–Crippen MR) is 131 cm³/mol. The van der Waals surface area contributed by atoms with Crippen LogP contribution in [-0.2, 0) is 6.18 Å². The maximum Gasteiger partial charge on any atom is 0.418 e. The Morgan fingerprint density at radius 3 is 2.69 bits per heavy atom. The monoisotopic (exact) mass is 494 g/mol. The highest BCUT2D eigenvalue weighted by atomic mass is 19.4. The number of anilines is 1. The summed E-state index contributed by atoms with van der Waals surface area (Å²) in [6.45, 7) is 0.814.